The molecular formula is C45H85NO6SSi3. The Bertz CT molecular complexity index is 1480. The molecule has 0 aliphatic heterocycles. The van der Waals surface area contributed by atoms with Gasteiger partial charge in [0.15, 0.2) is 25.0 Å². The average Bonchev–Trinajstić information content (AvgIpc) is 3.45. The Balaban J connectivity index is 3.32. The maximum atomic E-state index is 14.8. The Morgan fingerprint density at radius 3 is 1.77 bits per heavy atom. The fraction of sp³-hybridized carbons (Fsp3) is 0.800. The molecule has 0 aliphatic rings. The molecule has 0 spiro atoms. The fourth-order valence-corrected chi connectivity index (χ4v) is 10.9. The fourth-order valence-electron chi connectivity index (χ4n) is 6.03. The molecule has 0 amide bonds. The number of esters is 1. The van der Waals surface area contributed by atoms with Crippen molar-refractivity contribution >= 4 is 54.1 Å². The molecule has 0 aromatic carbocycles. The molecular weight excluding hydrogens is 767 g/mol. The second-order valence-corrected chi connectivity index (χ2v) is 36.9. The van der Waals surface area contributed by atoms with Crippen molar-refractivity contribution in [3.63, 3.8) is 0 Å². The van der Waals surface area contributed by atoms with Crippen molar-refractivity contribution in [2.75, 3.05) is 7.11 Å². The zero-order valence-corrected chi connectivity index (χ0v) is 43.9. The van der Waals surface area contributed by atoms with Crippen molar-refractivity contribution in [1.29, 1.82) is 0 Å². The van der Waals surface area contributed by atoms with E-state index in [4.69, 9.17) is 18.0 Å². The zero-order valence-electron chi connectivity index (χ0n) is 40.0. The summed E-state index contributed by atoms with van der Waals surface area (Å²) in [5.41, 5.74) is 1.27. The van der Waals surface area contributed by atoms with E-state index in [1.165, 1.54) is 12.7 Å². The topological polar surface area (TPSA) is 84.0 Å². The van der Waals surface area contributed by atoms with Crippen molar-refractivity contribution in [2.24, 2.45) is 17.3 Å². The summed E-state index contributed by atoms with van der Waals surface area (Å²) in [4.78, 5) is 32.2. The van der Waals surface area contributed by atoms with Crippen molar-refractivity contribution < 1.29 is 27.6 Å². The molecule has 7 nitrogen and oxygen atoms in total. The third-order valence-electron chi connectivity index (χ3n) is 13.3. The molecule has 0 bridgehead atoms. The molecule has 0 radical (unpaired) electrons. The van der Waals surface area contributed by atoms with Gasteiger partial charge in [0.2, 0.25) is 0 Å². The lowest BCUT2D eigenvalue weighted by atomic mass is 9.73. The summed E-state index contributed by atoms with van der Waals surface area (Å²) in [6.45, 7) is 46.1. The van der Waals surface area contributed by atoms with E-state index in [2.05, 4.69) is 144 Å². The summed E-state index contributed by atoms with van der Waals surface area (Å²) >= 11 is 1.67. The summed E-state index contributed by atoms with van der Waals surface area (Å²) in [5, 5.41) is 3.19. The largest absolute Gasteiger partial charge is 0.469 e. The number of ether oxygens (including phenoxy) is 1. The number of carbonyl (C=O) groups is 2. The van der Waals surface area contributed by atoms with Crippen LogP contribution in [0.2, 0.25) is 54.4 Å². The van der Waals surface area contributed by atoms with Gasteiger partial charge in [-0.25, -0.2) is 4.98 Å². The van der Waals surface area contributed by atoms with E-state index in [1.807, 2.05) is 27.7 Å². The third kappa shape index (κ3) is 15.1. The Hall–Kier alpha value is -1.22. The minimum atomic E-state index is -2.33. The van der Waals surface area contributed by atoms with Crippen LogP contribution in [0, 0.1) is 24.2 Å². The molecule has 1 aromatic heterocycles. The predicted octanol–water partition coefficient (Wildman–Crippen LogP) is 13.6. The first-order chi connectivity index (χ1) is 25.1. The second kappa shape index (κ2) is 20.4. The van der Waals surface area contributed by atoms with Crippen LogP contribution >= 0.6 is 11.3 Å². The van der Waals surface area contributed by atoms with Gasteiger partial charge in [0.1, 0.15) is 5.78 Å². The van der Waals surface area contributed by atoms with Crippen LogP contribution in [0.5, 0.6) is 0 Å². The van der Waals surface area contributed by atoms with Gasteiger partial charge >= 0.3 is 5.97 Å². The van der Waals surface area contributed by atoms with E-state index < -0.39 is 42.4 Å². The average molecular weight is 853 g/mol. The first-order valence-electron chi connectivity index (χ1n) is 21.0. The highest BCUT2D eigenvalue weighted by Gasteiger charge is 2.50. The number of Topliss-reactive ketones (excluding diaryl/α,β-unsaturated/α-hetero) is 1. The molecule has 0 aliphatic carbocycles. The lowest BCUT2D eigenvalue weighted by molar-refractivity contribution is -0.148. The molecule has 0 saturated heterocycles. The number of aromatic nitrogens is 1. The number of carbonyl (C=O) groups excluding carboxylic acids is 2. The first-order valence-corrected chi connectivity index (χ1v) is 30.6. The van der Waals surface area contributed by atoms with Crippen LogP contribution in [0.4, 0.5) is 0 Å². The number of thiazole rings is 1. The van der Waals surface area contributed by atoms with Crippen molar-refractivity contribution in [3.05, 3.63) is 33.8 Å². The Kier molecular flexibility index (Phi) is 19.2. The summed E-state index contributed by atoms with van der Waals surface area (Å²) in [5.74, 6) is -0.535. The van der Waals surface area contributed by atoms with Gasteiger partial charge in [-0.3, -0.25) is 9.59 Å². The molecule has 0 fully saturated rings. The number of unbranched alkanes of at least 4 members (excludes halogenated alkanes) is 1. The zero-order chi connectivity index (χ0) is 43.9. The van der Waals surface area contributed by atoms with Crippen LogP contribution in [0.25, 0.3) is 6.08 Å². The van der Waals surface area contributed by atoms with Crippen LogP contribution in [0.15, 0.2) is 23.1 Å². The number of aryl methyl sites for hydroxylation is 1. The Labute approximate surface area is 352 Å². The number of nitrogens with zero attached hydrogens (tertiary/aromatic N) is 1. The minimum Gasteiger partial charge on any atom is -0.469 e. The maximum Gasteiger partial charge on any atom is 0.308 e. The van der Waals surface area contributed by atoms with E-state index in [-0.39, 0.29) is 51.4 Å². The van der Waals surface area contributed by atoms with E-state index in [0.29, 0.717) is 0 Å². The summed E-state index contributed by atoms with van der Waals surface area (Å²) < 4.78 is 26.2. The van der Waals surface area contributed by atoms with Crippen LogP contribution in [0.3, 0.4) is 0 Å². The number of allylic oxidation sites excluding steroid dienone is 1. The van der Waals surface area contributed by atoms with Gasteiger partial charge in [-0.15, -0.1) is 11.3 Å². The predicted molar refractivity (Wildman–Crippen MR) is 248 cm³/mol. The van der Waals surface area contributed by atoms with E-state index in [9.17, 15) is 9.59 Å². The molecule has 1 rings (SSSR count). The van der Waals surface area contributed by atoms with Gasteiger partial charge in [0.05, 0.1) is 42.5 Å². The lowest BCUT2D eigenvalue weighted by Gasteiger charge is -2.46. The molecule has 5 atom stereocenters. The number of rotatable bonds is 21. The molecule has 324 valence electrons. The Morgan fingerprint density at radius 2 is 1.30 bits per heavy atom. The molecule has 56 heavy (non-hydrogen) atoms. The smallest absolute Gasteiger partial charge is 0.308 e. The minimum absolute atomic E-state index is 0.00529. The lowest BCUT2D eigenvalue weighted by Crippen LogP contribution is -2.54. The summed E-state index contributed by atoms with van der Waals surface area (Å²) in [6.07, 6.45) is 9.60. The monoisotopic (exact) mass is 852 g/mol. The quantitative estimate of drug-likeness (QED) is 0.0527. The second-order valence-electron chi connectivity index (χ2n) is 21.5. The normalized spacial score (nSPS) is 17.1. The highest BCUT2D eigenvalue weighted by Crippen LogP contribution is 2.44. The maximum absolute atomic E-state index is 14.8. The van der Waals surface area contributed by atoms with Crippen molar-refractivity contribution in [1.82, 2.24) is 4.98 Å². The van der Waals surface area contributed by atoms with Gasteiger partial charge in [-0.1, -0.05) is 102 Å². The molecule has 11 heteroatoms. The third-order valence-corrected chi connectivity index (χ3v) is 27.5. The molecule has 0 N–H and O–H groups in total. The van der Waals surface area contributed by atoms with Crippen LogP contribution in [0.1, 0.15) is 140 Å². The standard InChI is InChI=1S/C45H85NO6SSi3/c1-32(27-25-23-24-26-28-37(50-54(17,18)42(5,6)7)33(2)29-36-31-53-35(4)46-36)40(52-56(21,22)44(11,12)13)34(3)41(48)45(14,15)38(30-39(47)49-16)51-55(19,20)43(8,9)10/h24,26,29,31-32,34,37-38,40H,23,25,27-28,30H2,1-22H3/b26-24-,33-29+/t32-,34+,37-,38-,40-/m0/s1. The molecule has 1 aromatic rings. The van der Waals surface area contributed by atoms with Gasteiger partial charge in [-0.05, 0) is 111 Å². The number of hydrogen-bond donors (Lipinski definition) is 0. The number of hydrogen-bond acceptors (Lipinski definition) is 8. The van der Waals surface area contributed by atoms with Crippen LogP contribution in [-0.2, 0) is 27.6 Å². The highest BCUT2D eigenvalue weighted by atomic mass is 32.1. The van der Waals surface area contributed by atoms with Gasteiger partial charge in [-0.2, -0.15) is 0 Å². The van der Waals surface area contributed by atoms with E-state index in [0.717, 1.165) is 36.4 Å². The van der Waals surface area contributed by atoms with Gasteiger partial charge in [0, 0.05) is 16.7 Å². The van der Waals surface area contributed by atoms with Crippen LogP contribution < -0.4 is 0 Å². The summed E-state index contributed by atoms with van der Waals surface area (Å²) in [7, 11) is -5.20. The first kappa shape index (κ1) is 52.8. The van der Waals surface area contributed by atoms with Gasteiger partial charge < -0.3 is 18.0 Å². The number of ketones is 1. The van der Waals surface area contributed by atoms with Gasteiger partial charge in [0.25, 0.3) is 0 Å². The molecule has 0 saturated carbocycles. The van der Waals surface area contributed by atoms with Crippen molar-refractivity contribution in [3.8, 4) is 0 Å². The Morgan fingerprint density at radius 1 is 0.804 bits per heavy atom. The molecule has 1 heterocycles. The number of methoxy groups -OCH3 is 1. The van der Waals surface area contributed by atoms with E-state index >= 15 is 0 Å². The highest BCUT2D eigenvalue weighted by molar-refractivity contribution is 7.09. The van der Waals surface area contributed by atoms with E-state index in [1.54, 1.807) is 11.3 Å². The summed E-state index contributed by atoms with van der Waals surface area (Å²) in [6, 6.07) is 0. The molecule has 0 unspecified atom stereocenters. The van der Waals surface area contributed by atoms with Crippen molar-refractivity contribution in [2.45, 2.75) is 209 Å². The van der Waals surface area contributed by atoms with Crippen LogP contribution in [-0.4, -0.2) is 67.1 Å². The SMILES string of the molecule is COC(=O)C[C@H](O[Si](C)(C)C(C)(C)C)C(C)(C)C(=O)[C@H](C)[C@@H](O[Si](C)(C)C(C)(C)C)[C@@H](C)CCC/C=C\C[C@H](O[Si](C)(C)C(C)(C)C)/C(C)=C/c1csc(C)n1.